The first-order chi connectivity index (χ1) is 19.2. The molecule has 3 atom stereocenters. The molecule has 1 saturated heterocycles. The van der Waals surface area contributed by atoms with Crippen molar-refractivity contribution < 1.29 is 37.3 Å². The molecule has 1 saturated carbocycles. The zero-order valence-corrected chi connectivity index (χ0v) is 22.9. The molecular weight excluding hydrogens is 525 g/mol. The number of alkyl halides is 3. The van der Waals surface area contributed by atoms with Gasteiger partial charge in [0.2, 0.25) is 0 Å². The summed E-state index contributed by atoms with van der Waals surface area (Å²) in [5, 5.41) is 12.5. The van der Waals surface area contributed by atoms with Crippen molar-refractivity contribution in [2.24, 2.45) is 5.92 Å². The van der Waals surface area contributed by atoms with Gasteiger partial charge in [-0.1, -0.05) is 36.4 Å². The van der Waals surface area contributed by atoms with Gasteiger partial charge in [-0.15, -0.1) is 13.2 Å². The van der Waals surface area contributed by atoms with Crippen molar-refractivity contribution in [2.75, 3.05) is 19.7 Å². The number of nitrogens with zero attached hydrogens (tertiary/aromatic N) is 1. The SMILES string of the molecule is CC(CCCCN1CCCC(NCc2ccc(OC(F)(F)F)cc2OCC2CC2)C1c1ccccc1)OC(=O)O. The first-order valence-corrected chi connectivity index (χ1v) is 14.1. The van der Waals surface area contributed by atoms with Crippen LogP contribution in [0.25, 0.3) is 0 Å². The molecular formula is C30H39F3N2O5. The quantitative estimate of drug-likeness (QED) is 0.190. The average molecular weight is 565 g/mol. The minimum Gasteiger partial charge on any atom is -0.493 e. The number of unbranched alkanes of at least 4 members (excludes halogenated alkanes) is 1. The Morgan fingerprint density at radius 2 is 1.90 bits per heavy atom. The van der Waals surface area contributed by atoms with E-state index in [9.17, 15) is 18.0 Å². The van der Waals surface area contributed by atoms with Crippen LogP contribution in [0.5, 0.6) is 11.5 Å². The van der Waals surface area contributed by atoms with Gasteiger partial charge in [0.05, 0.1) is 12.6 Å². The van der Waals surface area contributed by atoms with Gasteiger partial charge < -0.3 is 24.6 Å². The molecule has 2 fully saturated rings. The first kappa shape index (κ1) is 30.0. The van der Waals surface area contributed by atoms with E-state index < -0.39 is 12.5 Å². The van der Waals surface area contributed by atoms with Crippen LogP contribution in [0.15, 0.2) is 48.5 Å². The van der Waals surface area contributed by atoms with Crippen molar-refractivity contribution in [1.29, 1.82) is 0 Å². The molecule has 2 N–H and O–H groups in total. The maximum Gasteiger partial charge on any atom is 0.573 e. The molecule has 7 nitrogen and oxygen atoms in total. The Kier molecular flexibility index (Phi) is 10.6. The van der Waals surface area contributed by atoms with Gasteiger partial charge in [-0.05, 0) is 82.5 Å². The number of benzene rings is 2. The summed E-state index contributed by atoms with van der Waals surface area (Å²) >= 11 is 0. The molecule has 3 unspecified atom stereocenters. The lowest BCUT2D eigenvalue weighted by atomic mass is 9.89. The zero-order valence-electron chi connectivity index (χ0n) is 22.9. The summed E-state index contributed by atoms with van der Waals surface area (Å²) in [4.78, 5) is 13.2. The smallest absolute Gasteiger partial charge is 0.493 e. The Balaban J connectivity index is 1.43. The molecule has 0 radical (unpaired) electrons. The Hall–Kier alpha value is -2.98. The normalized spacial score (nSPS) is 20.6. The monoisotopic (exact) mass is 564 g/mol. The van der Waals surface area contributed by atoms with Crippen molar-refractivity contribution in [3.63, 3.8) is 0 Å². The molecule has 2 aromatic rings. The fourth-order valence-electron chi connectivity index (χ4n) is 5.35. The van der Waals surface area contributed by atoms with E-state index in [1.165, 1.54) is 17.7 Å². The molecule has 1 heterocycles. The summed E-state index contributed by atoms with van der Waals surface area (Å²) in [6, 6.07) is 14.9. The maximum absolute atomic E-state index is 12.8. The topological polar surface area (TPSA) is 80.3 Å². The second-order valence-corrected chi connectivity index (χ2v) is 10.8. The van der Waals surface area contributed by atoms with Crippen LogP contribution in [0.2, 0.25) is 0 Å². The highest BCUT2D eigenvalue weighted by molar-refractivity contribution is 5.57. The van der Waals surface area contributed by atoms with Crippen LogP contribution < -0.4 is 14.8 Å². The molecule has 40 heavy (non-hydrogen) atoms. The largest absolute Gasteiger partial charge is 0.573 e. The number of carbonyl (C=O) groups is 1. The Morgan fingerprint density at radius 1 is 1.12 bits per heavy atom. The summed E-state index contributed by atoms with van der Waals surface area (Å²) in [6.07, 6.45) is 0.257. The summed E-state index contributed by atoms with van der Waals surface area (Å²) in [5.74, 6) is 0.597. The van der Waals surface area contributed by atoms with E-state index in [1.807, 2.05) is 18.2 Å². The molecule has 0 spiro atoms. The van der Waals surface area contributed by atoms with E-state index in [4.69, 9.17) is 14.6 Å². The summed E-state index contributed by atoms with van der Waals surface area (Å²) in [6.45, 7) is 4.54. The molecule has 220 valence electrons. The summed E-state index contributed by atoms with van der Waals surface area (Å²) in [5.41, 5.74) is 2.01. The number of likely N-dealkylation sites (tertiary alicyclic amines) is 1. The van der Waals surface area contributed by atoms with Gasteiger partial charge in [-0.25, -0.2) is 4.79 Å². The van der Waals surface area contributed by atoms with Gasteiger partial charge in [0, 0.05) is 24.2 Å². The van der Waals surface area contributed by atoms with E-state index in [1.54, 1.807) is 13.0 Å². The minimum absolute atomic E-state index is 0.131. The van der Waals surface area contributed by atoms with Crippen LogP contribution in [-0.2, 0) is 11.3 Å². The Bertz CT molecular complexity index is 1080. The number of rotatable bonds is 14. The van der Waals surface area contributed by atoms with Gasteiger partial charge >= 0.3 is 12.5 Å². The molecule has 10 heteroatoms. The zero-order chi connectivity index (χ0) is 28.5. The van der Waals surface area contributed by atoms with Crippen LogP contribution in [0.4, 0.5) is 18.0 Å². The van der Waals surface area contributed by atoms with E-state index >= 15 is 0 Å². The van der Waals surface area contributed by atoms with E-state index in [2.05, 4.69) is 27.1 Å². The third kappa shape index (κ3) is 9.59. The fraction of sp³-hybridized carbons (Fsp3) is 0.567. The number of piperidine rings is 1. The average Bonchev–Trinajstić information content (AvgIpc) is 3.73. The first-order valence-electron chi connectivity index (χ1n) is 14.1. The molecule has 4 rings (SSSR count). The van der Waals surface area contributed by atoms with Crippen molar-refractivity contribution in [3.05, 3.63) is 59.7 Å². The number of nitrogens with one attached hydrogen (secondary N) is 1. The van der Waals surface area contributed by atoms with Gasteiger partial charge in [-0.2, -0.15) is 0 Å². The lowest BCUT2D eigenvalue weighted by Crippen LogP contribution is -2.48. The van der Waals surface area contributed by atoms with Crippen LogP contribution in [0.1, 0.15) is 69.0 Å². The Labute approximate surface area is 233 Å². The molecule has 1 aliphatic heterocycles. The van der Waals surface area contributed by atoms with Crippen molar-refractivity contribution >= 4 is 6.16 Å². The predicted octanol–water partition coefficient (Wildman–Crippen LogP) is 6.92. The van der Waals surface area contributed by atoms with Gasteiger partial charge in [0.15, 0.2) is 0 Å². The highest BCUT2D eigenvalue weighted by Gasteiger charge is 2.33. The van der Waals surface area contributed by atoms with Crippen molar-refractivity contribution in [2.45, 2.75) is 83.0 Å². The Morgan fingerprint density at radius 3 is 2.60 bits per heavy atom. The number of carboxylic acid groups (broad SMARTS) is 1. The van der Waals surface area contributed by atoms with E-state index in [0.29, 0.717) is 31.2 Å². The number of ether oxygens (including phenoxy) is 3. The fourth-order valence-corrected chi connectivity index (χ4v) is 5.35. The third-order valence-corrected chi connectivity index (χ3v) is 7.48. The summed E-state index contributed by atoms with van der Waals surface area (Å²) in [7, 11) is 0. The third-order valence-electron chi connectivity index (χ3n) is 7.48. The highest BCUT2D eigenvalue weighted by atomic mass is 19.4. The number of hydrogen-bond acceptors (Lipinski definition) is 6. The minimum atomic E-state index is -4.76. The highest BCUT2D eigenvalue weighted by Crippen LogP contribution is 2.35. The predicted molar refractivity (Wildman–Crippen MR) is 144 cm³/mol. The molecule has 0 aromatic heterocycles. The van der Waals surface area contributed by atoms with Crippen molar-refractivity contribution in [1.82, 2.24) is 10.2 Å². The van der Waals surface area contributed by atoms with Crippen molar-refractivity contribution in [3.8, 4) is 11.5 Å². The molecule has 2 aromatic carbocycles. The molecule has 0 amide bonds. The van der Waals surface area contributed by atoms with Crippen LogP contribution >= 0.6 is 0 Å². The van der Waals surface area contributed by atoms with Crippen LogP contribution in [0.3, 0.4) is 0 Å². The molecule has 0 bridgehead atoms. The second-order valence-electron chi connectivity index (χ2n) is 10.8. The lowest BCUT2D eigenvalue weighted by Gasteiger charge is -2.42. The number of hydrogen-bond donors (Lipinski definition) is 2. The molecule has 2 aliphatic rings. The summed E-state index contributed by atoms with van der Waals surface area (Å²) < 4.78 is 53.4. The van der Waals surface area contributed by atoms with Crippen LogP contribution in [-0.4, -0.2) is 54.4 Å². The van der Waals surface area contributed by atoms with E-state index in [0.717, 1.165) is 57.2 Å². The van der Waals surface area contributed by atoms with Gasteiger partial charge in [-0.3, -0.25) is 4.90 Å². The standard InChI is InChI=1S/C30H39F3N2O5/c1-21(39-29(36)37)8-5-6-16-35-17-7-11-26(28(35)23-9-3-2-4-10-23)34-19-24-14-15-25(40-30(31,32)33)18-27(24)38-20-22-12-13-22/h2-4,9-10,14-15,18,21-22,26,28,34H,5-8,11-13,16-17,19-20H2,1H3,(H,36,37). The van der Waals surface area contributed by atoms with Gasteiger partial charge in [0.1, 0.15) is 17.6 Å². The maximum atomic E-state index is 12.8. The van der Waals surface area contributed by atoms with Gasteiger partial charge in [0.25, 0.3) is 0 Å². The van der Waals surface area contributed by atoms with E-state index in [-0.39, 0.29) is 23.9 Å². The number of halogens is 3. The second kappa shape index (κ2) is 14.1. The van der Waals surface area contributed by atoms with Crippen LogP contribution in [0, 0.1) is 5.92 Å². The lowest BCUT2D eigenvalue weighted by molar-refractivity contribution is -0.274. The molecule has 1 aliphatic carbocycles.